The van der Waals surface area contributed by atoms with Gasteiger partial charge >= 0.3 is 0 Å². The Balaban J connectivity index is 1.98. The Kier molecular flexibility index (Phi) is 6.48. The topological polar surface area (TPSA) is 96.2 Å². The summed E-state index contributed by atoms with van der Waals surface area (Å²) in [5.41, 5.74) is 5.24. The minimum Gasteiger partial charge on any atom is -0.373 e. The molecule has 3 unspecified atom stereocenters. The van der Waals surface area contributed by atoms with Crippen LogP contribution in [0.3, 0.4) is 0 Å². The fraction of sp³-hybridized carbons (Fsp3) is 0.938. The number of amides is 1. The van der Waals surface area contributed by atoms with Gasteiger partial charge in [-0.25, -0.2) is 0 Å². The minimum atomic E-state index is -3.53. The van der Waals surface area contributed by atoms with Crippen LogP contribution in [-0.2, 0) is 19.7 Å². The van der Waals surface area contributed by atoms with Crippen LogP contribution in [0, 0.1) is 0 Å². The SMILES string of the molecule is CCCC(C)(N)C(=O)N1CCN(S(=O)(=O)N2CC(C)OC(C)C2)CC1. The van der Waals surface area contributed by atoms with Crippen molar-refractivity contribution in [1.29, 1.82) is 0 Å². The molecule has 146 valence electrons. The van der Waals surface area contributed by atoms with Gasteiger partial charge in [0.1, 0.15) is 0 Å². The number of rotatable bonds is 5. The fourth-order valence-corrected chi connectivity index (χ4v) is 5.34. The van der Waals surface area contributed by atoms with Crippen LogP contribution in [0.25, 0.3) is 0 Å². The number of hydrogen-bond donors (Lipinski definition) is 1. The zero-order chi connectivity index (χ0) is 18.8. The summed E-state index contributed by atoms with van der Waals surface area (Å²) in [6.07, 6.45) is 1.22. The zero-order valence-electron chi connectivity index (χ0n) is 15.8. The number of hydrogen-bond acceptors (Lipinski definition) is 5. The van der Waals surface area contributed by atoms with Crippen molar-refractivity contribution in [3.63, 3.8) is 0 Å². The molecule has 2 N–H and O–H groups in total. The first-order valence-electron chi connectivity index (χ1n) is 9.07. The second-order valence-corrected chi connectivity index (χ2v) is 9.37. The molecular formula is C16H32N4O4S. The van der Waals surface area contributed by atoms with E-state index in [1.165, 1.54) is 8.61 Å². The van der Waals surface area contributed by atoms with Gasteiger partial charge in [0, 0.05) is 39.3 Å². The van der Waals surface area contributed by atoms with Gasteiger partial charge in [-0.3, -0.25) is 4.79 Å². The van der Waals surface area contributed by atoms with E-state index in [-0.39, 0.29) is 18.1 Å². The zero-order valence-corrected chi connectivity index (χ0v) is 16.6. The van der Waals surface area contributed by atoms with Crippen LogP contribution in [0.2, 0.25) is 0 Å². The minimum absolute atomic E-state index is 0.0972. The molecule has 2 fully saturated rings. The van der Waals surface area contributed by atoms with Crippen LogP contribution in [0.5, 0.6) is 0 Å². The van der Waals surface area contributed by atoms with Crippen molar-refractivity contribution in [2.45, 2.75) is 58.3 Å². The normalized spacial score (nSPS) is 29.4. The molecule has 9 heteroatoms. The molecule has 1 amide bonds. The number of piperazine rings is 1. The first kappa shape index (κ1) is 20.6. The largest absolute Gasteiger partial charge is 0.373 e. The average Bonchev–Trinajstić information content (AvgIpc) is 2.53. The molecule has 2 rings (SSSR count). The third-order valence-corrected chi connectivity index (χ3v) is 6.79. The van der Waals surface area contributed by atoms with E-state index in [0.29, 0.717) is 45.7 Å². The van der Waals surface area contributed by atoms with Crippen molar-refractivity contribution in [3.8, 4) is 0 Å². The van der Waals surface area contributed by atoms with Gasteiger partial charge < -0.3 is 15.4 Å². The lowest BCUT2D eigenvalue weighted by molar-refractivity contribution is -0.137. The summed E-state index contributed by atoms with van der Waals surface area (Å²) in [4.78, 5) is 14.2. The summed E-state index contributed by atoms with van der Waals surface area (Å²) < 4.78 is 34.3. The van der Waals surface area contributed by atoms with Gasteiger partial charge in [-0.15, -0.1) is 0 Å². The Morgan fingerprint density at radius 2 is 1.64 bits per heavy atom. The highest BCUT2D eigenvalue weighted by Crippen LogP contribution is 2.20. The van der Waals surface area contributed by atoms with Crippen LogP contribution >= 0.6 is 0 Å². The third-order valence-electron chi connectivity index (χ3n) is 4.82. The van der Waals surface area contributed by atoms with Crippen LogP contribution < -0.4 is 5.73 Å². The van der Waals surface area contributed by atoms with Crippen LogP contribution in [-0.4, -0.2) is 84.9 Å². The quantitative estimate of drug-likeness (QED) is 0.729. The molecule has 25 heavy (non-hydrogen) atoms. The molecule has 2 heterocycles. The van der Waals surface area contributed by atoms with Crippen molar-refractivity contribution in [1.82, 2.24) is 13.5 Å². The summed E-state index contributed by atoms with van der Waals surface area (Å²) >= 11 is 0. The predicted octanol–water partition coefficient (Wildman–Crippen LogP) is 0.00210. The van der Waals surface area contributed by atoms with E-state index in [0.717, 1.165) is 6.42 Å². The molecule has 0 aromatic heterocycles. The molecule has 0 aromatic rings. The number of nitrogens with zero attached hydrogens (tertiary/aromatic N) is 3. The molecule has 8 nitrogen and oxygen atoms in total. The van der Waals surface area contributed by atoms with Gasteiger partial charge in [-0.2, -0.15) is 17.0 Å². The highest BCUT2D eigenvalue weighted by Gasteiger charge is 2.39. The van der Waals surface area contributed by atoms with E-state index in [4.69, 9.17) is 10.5 Å². The second-order valence-electron chi connectivity index (χ2n) is 7.44. The molecule has 0 bridgehead atoms. The average molecular weight is 377 g/mol. The van der Waals surface area contributed by atoms with Crippen molar-refractivity contribution < 1.29 is 17.9 Å². The number of carbonyl (C=O) groups is 1. The monoisotopic (exact) mass is 376 g/mol. The Hall–Kier alpha value is -0.740. The number of nitrogens with two attached hydrogens (primary N) is 1. The Morgan fingerprint density at radius 3 is 2.12 bits per heavy atom. The lowest BCUT2D eigenvalue weighted by Gasteiger charge is -2.41. The van der Waals surface area contributed by atoms with Crippen LogP contribution in [0.4, 0.5) is 0 Å². The number of morpholine rings is 1. The molecule has 2 aliphatic heterocycles. The lowest BCUT2D eigenvalue weighted by Crippen LogP contribution is -2.61. The van der Waals surface area contributed by atoms with Crippen molar-refractivity contribution >= 4 is 16.1 Å². The molecule has 2 aliphatic rings. The highest BCUT2D eigenvalue weighted by molar-refractivity contribution is 7.86. The molecular weight excluding hydrogens is 344 g/mol. The number of ether oxygens (including phenoxy) is 1. The summed E-state index contributed by atoms with van der Waals surface area (Å²) in [6, 6.07) is 0. The van der Waals surface area contributed by atoms with Crippen LogP contribution in [0.15, 0.2) is 0 Å². The molecule has 0 spiro atoms. The second kappa shape index (κ2) is 7.87. The first-order valence-corrected chi connectivity index (χ1v) is 10.5. The summed E-state index contributed by atoms with van der Waals surface area (Å²) in [7, 11) is -3.53. The van der Waals surface area contributed by atoms with Gasteiger partial charge in [0.25, 0.3) is 10.2 Å². The van der Waals surface area contributed by atoms with Crippen molar-refractivity contribution in [3.05, 3.63) is 0 Å². The Bertz CT molecular complexity index is 563. The standard InChI is InChI=1S/C16H32N4O4S/c1-5-6-16(4,17)15(21)18-7-9-19(10-8-18)25(22,23)20-11-13(2)24-14(3)12-20/h13-14H,5-12,17H2,1-4H3. The molecule has 0 saturated carbocycles. The van der Waals surface area contributed by atoms with Gasteiger partial charge in [0.05, 0.1) is 17.7 Å². The molecule has 2 saturated heterocycles. The van der Waals surface area contributed by atoms with E-state index in [2.05, 4.69) is 0 Å². The van der Waals surface area contributed by atoms with Gasteiger partial charge in [-0.05, 0) is 27.2 Å². The number of carbonyl (C=O) groups excluding carboxylic acids is 1. The smallest absolute Gasteiger partial charge is 0.282 e. The van der Waals surface area contributed by atoms with E-state index in [1.54, 1.807) is 11.8 Å². The van der Waals surface area contributed by atoms with Crippen LogP contribution in [0.1, 0.15) is 40.5 Å². The lowest BCUT2D eigenvalue weighted by atomic mass is 9.95. The maximum absolute atomic E-state index is 12.9. The van der Waals surface area contributed by atoms with Crippen molar-refractivity contribution in [2.24, 2.45) is 5.73 Å². The Labute approximate surface area is 151 Å². The third kappa shape index (κ3) is 4.71. The maximum Gasteiger partial charge on any atom is 0.282 e. The maximum atomic E-state index is 12.9. The van der Waals surface area contributed by atoms with Gasteiger partial charge in [-0.1, -0.05) is 13.3 Å². The predicted molar refractivity (Wildman–Crippen MR) is 96.2 cm³/mol. The van der Waals surface area contributed by atoms with Gasteiger partial charge in [0.15, 0.2) is 0 Å². The molecule has 0 aromatic carbocycles. The first-order chi connectivity index (χ1) is 11.6. The molecule has 3 atom stereocenters. The van der Waals surface area contributed by atoms with Gasteiger partial charge in [0.2, 0.25) is 5.91 Å². The fourth-order valence-electron chi connectivity index (χ4n) is 3.59. The Morgan fingerprint density at radius 1 is 1.12 bits per heavy atom. The summed E-state index contributed by atoms with van der Waals surface area (Å²) in [5, 5.41) is 0. The van der Waals surface area contributed by atoms with Crippen molar-refractivity contribution in [2.75, 3.05) is 39.3 Å². The molecule has 0 aliphatic carbocycles. The van der Waals surface area contributed by atoms with E-state index in [1.807, 2.05) is 20.8 Å². The highest BCUT2D eigenvalue weighted by atomic mass is 32.2. The summed E-state index contributed by atoms with van der Waals surface area (Å²) in [5.74, 6) is -0.0972. The van der Waals surface area contributed by atoms with E-state index in [9.17, 15) is 13.2 Å². The van der Waals surface area contributed by atoms with E-state index >= 15 is 0 Å². The molecule has 0 radical (unpaired) electrons. The van der Waals surface area contributed by atoms with E-state index < -0.39 is 15.7 Å². The summed E-state index contributed by atoms with van der Waals surface area (Å²) in [6.45, 7) is 9.59.